The number of rotatable bonds is 7. The Bertz CT molecular complexity index is 623. The van der Waals surface area contributed by atoms with Crippen molar-refractivity contribution < 1.29 is 42.9 Å². The smallest absolute Gasteiger partial charge is 0.430 e. The topological polar surface area (TPSA) is 129 Å². The Morgan fingerprint density at radius 3 is 1.96 bits per heavy atom. The number of amides is 2. The quantitative estimate of drug-likeness (QED) is 0.257. The average molecular weight is 402 g/mol. The number of esters is 3. The zero-order valence-electron chi connectivity index (χ0n) is 16.8. The second-order valence-corrected chi connectivity index (χ2v) is 6.71. The van der Waals surface area contributed by atoms with Crippen molar-refractivity contribution in [3.8, 4) is 0 Å². The molecule has 11 nitrogen and oxygen atoms in total. The molecule has 1 atom stereocenters. The van der Waals surface area contributed by atoms with Crippen molar-refractivity contribution in [1.82, 2.24) is 10.0 Å². The van der Waals surface area contributed by atoms with Crippen molar-refractivity contribution >= 4 is 29.9 Å². The molecule has 0 aromatic rings. The second kappa shape index (κ2) is 9.38. The van der Waals surface area contributed by atoms with E-state index >= 15 is 0 Å². The lowest BCUT2D eigenvalue weighted by Crippen LogP contribution is -2.70. The predicted octanol–water partition coefficient (Wildman–Crippen LogP) is 0.407. The molecular formula is C17H26N2O9. The summed E-state index contributed by atoms with van der Waals surface area (Å²) >= 11 is 0. The first-order chi connectivity index (χ1) is 13.0. The Morgan fingerprint density at radius 1 is 1.11 bits per heavy atom. The third kappa shape index (κ3) is 5.33. The first-order valence-electron chi connectivity index (χ1n) is 8.73. The maximum absolute atomic E-state index is 12.8. The molecule has 0 radical (unpaired) electrons. The zero-order chi connectivity index (χ0) is 21.6. The molecule has 1 aliphatic rings. The number of carbonyl (C=O) groups excluding carboxylic acids is 5. The summed E-state index contributed by atoms with van der Waals surface area (Å²) in [4.78, 5) is 61.8. The van der Waals surface area contributed by atoms with E-state index in [-0.39, 0.29) is 19.6 Å². The predicted molar refractivity (Wildman–Crippen MR) is 92.4 cm³/mol. The van der Waals surface area contributed by atoms with Gasteiger partial charge in [0, 0.05) is 0 Å². The van der Waals surface area contributed by atoms with Gasteiger partial charge in [0.25, 0.3) is 6.04 Å². The summed E-state index contributed by atoms with van der Waals surface area (Å²) in [6.07, 6.45) is -1.45. The zero-order valence-corrected chi connectivity index (χ0v) is 16.8. The molecule has 1 heterocycles. The monoisotopic (exact) mass is 402 g/mol. The molecule has 11 heteroatoms. The van der Waals surface area contributed by atoms with E-state index in [9.17, 15) is 24.0 Å². The molecule has 0 N–H and O–H groups in total. The fourth-order valence-electron chi connectivity index (χ4n) is 2.36. The fraction of sp³-hybridized carbons (Fsp3) is 0.706. The summed E-state index contributed by atoms with van der Waals surface area (Å²) < 4.78 is 19.6. The number of hydrazine groups is 1. The Hall–Kier alpha value is -2.85. The number of methoxy groups -OCH3 is 1. The van der Waals surface area contributed by atoms with Gasteiger partial charge in [0.15, 0.2) is 6.04 Å². The molecule has 0 bridgehead atoms. The van der Waals surface area contributed by atoms with Gasteiger partial charge in [-0.05, 0) is 34.6 Å². The van der Waals surface area contributed by atoms with Gasteiger partial charge in [0.2, 0.25) is 5.91 Å². The highest BCUT2D eigenvalue weighted by Gasteiger charge is 2.54. The average Bonchev–Trinajstić information content (AvgIpc) is 2.57. The molecule has 28 heavy (non-hydrogen) atoms. The highest BCUT2D eigenvalue weighted by Crippen LogP contribution is 2.27. The van der Waals surface area contributed by atoms with Crippen molar-refractivity contribution in [1.29, 1.82) is 0 Å². The van der Waals surface area contributed by atoms with Crippen LogP contribution in [0, 0.1) is 0 Å². The molecule has 0 spiro atoms. The lowest BCUT2D eigenvalue weighted by molar-refractivity contribution is -0.199. The Kier molecular flexibility index (Phi) is 7.77. The minimum Gasteiger partial charge on any atom is -0.467 e. The second-order valence-electron chi connectivity index (χ2n) is 6.71. The highest BCUT2D eigenvalue weighted by molar-refractivity contribution is 6.03. The van der Waals surface area contributed by atoms with Gasteiger partial charge in [-0.2, -0.15) is 5.01 Å². The van der Waals surface area contributed by atoms with Crippen molar-refractivity contribution in [2.24, 2.45) is 0 Å². The molecule has 0 aromatic heterocycles. The van der Waals surface area contributed by atoms with Gasteiger partial charge in [0.1, 0.15) is 5.60 Å². The third-order valence-corrected chi connectivity index (χ3v) is 3.47. The van der Waals surface area contributed by atoms with Crippen molar-refractivity contribution in [3.05, 3.63) is 0 Å². The Labute approximate surface area is 162 Å². The van der Waals surface area contributed by atoms with Crippen LogP contribution in [0.15, 0.2) is 0 Å². The van der Waals surface area contributed by atoms with Crippen molar-refractivity contribution in [2.75, 3.05) is 20.3 Å². The summed E-state index contributed by atoms with van der Waals surface area (Å²) in [5.74, 6) is -3.76. The number of hydrogen-bond donors (Lipinski definition) is 0. The van der Waals surface area contributed by atoms with Gasteiger partial charge in [-0.3, -0.25) is 4.79 Å². The summed E-state index contributed by atoms with van der Waals surface area (Å²) in [5, 5.41) is 1.13. The molecule has 0 saturated carbocycles. The number of nitrogens with zero attached hydrogens (tertiary/aromatic N) is 2. The van der Waals surface area contributed by atoms with Crippen LogP contribution in [0.25, 0.3) is 0 Å². The highest BCUT2D eigenvalue weighted by atomic mass is 16.6. The van der Waals surface area contributed by atoms with E-state index in [0.29, 0.717) is 10.0 Å². The van der Waals surface area contributed by atoms with Crippen LogP contribution in [0.5, 0.6) is 0 Å². The van der Waals surface area contributed by atoms with E-state index in [1.807, 2.05) is 0 Å². The van der Waals surface area contributed by atoms with Crippen LogP contribution in [-0.4, -0.2) is 77.9 Å². The van der Waals surface area contributed by atoms with Crippen LogP contribution in [0.2, 0.25) is 0 Å². The summed E-state index contributed by atoms with van der Waals surface area (Å²) in [7, 11) is 1.11. The number of β-lactam (4-membered cyclic amide) rings is 1. The fourth-order valence-corrected chi connectivity index (χ4v) is 2.36. The van der Waals surface area contributed by atoms with Gasteiger partial charge >= 0.3 is 24.0 Å². The third-order valence-electron chi connectivity index (χ3n) is 3.47. The normalized spacial score (nSPS) is 16.2. The molecule has 1 unspecified atom stereocenters. The van der Waals surface area contributed by atoms with Crippen LogP contribution < -0.4 is 0 Å². The van der Waals surface area contributed by atoms with Crippen molar-refractivity contribution in [3.63, 3.8) is 0 Å². The molecular weight excluding hydrogens is 376 g/mol. The molecule has 0 aliphatic carbocycles. The maximum atomic E-state index is 12.8. The van der Waals surface area contributed by atoms with E-state index < -0.39 is 47.6 Å². The maximum Gasteiger partial charge on any atom is 0.430 e. The van der Waals surface area contributed by atoms with Gasteiger partial charge in [-0.25, -0.2) is 24.2 Å². The number of hydrogen-bond acceptors (Lipinski definition) is 9. The molecule has 1 aliphatic heterocycles. The van der Waals surface area contributed by atoms with Gasteiger partial charge in [-0.15, -0.1) is 0 Å². The Balaban J connectivity index is 3.42. The van der Waals surface area contributed by atoms with E-state index in [1.165, 1.54) is 13.8 Å². The van der Waals surface area contributed by atoms with Crippen LogP contribution in [0.3, 0.4) is 0 Å². The summed E-state index contributed by atoms with van der Waals surface area (Å²) in [5.41, 5.74) is -1.02. The van der Waals surface area contributed by atoms with E-state index in [0.717, 1.165) is 7.11 Å². The Morgan fingerprint density at radius 2 is 1.61 bits per heavy atom. The number of carbonyl (C=O) groups is 5. The van der Waals surface area contributed by atoms with Crippen molar-refractivity contribution in [2.45, 2.75) is 58.7 Å². The molecule has 1 fully saturated rings. The lowest BCUT2D eigenvalue weighted by atomic mass is 10.0. The van der Waals surface area contributed by atoms with E-state index in [1.54, 1.807) is 20.8 Å². The lowest BCUT2D eigenvalue weighted by Gasteiger charge is -2.46. The van der Waals surface area contributed by atoms with Gasteiger partial charge < -0.3 is 18.9 Å². The molecule has 158 valence electrons. The van der Waals surface area contributed by atoms with Crippen LogP contribution >= 0.6 is 0 Å². The van der Waals surface area contributed by atoms with Crippen LogP contribution in [-0.2, 0) is 38.1 Å². The summed E-state index contributed by atoms with van der Waals surface area (Å²) in [6, 6.07) is -3.16. The van der Waals surface area contributed by atoms with Crippen LogP contribution in [0.1, 0.15) is 41.0 Å². The molecule has 2 amide bonds. The molecule has 1 saturated heterocycles. The molecule has 1 rings (SSSR count). The van der Waals surface area contributed by atoms with E-state index in [2.05, 4.69) is 4.74 Å². The van der Waals surface area contributed by atoms with E-state index in [4.69, 9.17) is 14.2 Å². The first kappa shape index (κ1) is 23.2. The summed E-state index contributed by atoms with van der Waals surface area (Å²) in [6.45, 7) is 7.50. The minimum atomic E-state index is -1.97. The SMILES string of the molecule is CCOC(=O)C(C(=O)OCC)N(C(=O)OC(C)(C)C)N1C(=O)CC1C(=O)OC. The largest absolute Gasteiger partial charge is 0.467 e. The van der Waals surface area contributed by atoms with Crippen LogP contribution in [0.4, 0.5) is 4.79 Å². The molecule has 0 aromatic carbocycles. The minimum absolute atomic E-state index is 0.0920. The van der Waals surface area contributed by atoms with Gasteiger partial charge in [0.05, 0.1) is 26.7 Å². The first-order valence-corrected chi connectivity index (χ1v) is 8.73. The standard InChI is InChI=1S/C17H26N2O9/c1-7-26-14(22)12(15(23)27-8-2)19(16(24)28-17(3,4)5)18-10(9-11(18)20)13(21)25-6/h10,12H,7-9H2,1-6H3. The van der Waals surface area contributed by atoms with Gasteiger partial charge in [-0.1, -0.05) is 0 Å². The number of ether oxygens (including phenoxy) is 4.